The summed E-state index contributed by atoms with van der Waals surface area (Å²) in [5, 5.41) is 7.42. The largest absolute Gasteiger partial charge is 0.381 e. The van der Waals surface area contributed by atoms with Crippen LogP contribution in [-0.4, -0.2) is 59.5 Å². The predicted octanol–water partition coefficient (Wildman–Crippen LogP) is 1.35. The van der Waals surface area contributed by atoms with Gasteiger partial charge in [-0.05, 0) is 51.1 Å². The topological polar surface area (TPSA) is 59.4 Å². The Morgan fingerprint density at radius 1 is 1.43 bits per heavy atom. The maximum atomic E-state index is 12.3. The first-order chi connectivity index (χ1) is 11.1. The standard InChI is InChI=1S/C17H28N4O2/c1-13-9-16(19-20(13)2)17(22)18-15-6-3-7-21(11-15)10-14-5-4-8-23-12-14/h9,14-15H,3-8,10-12H2,1-2H3,(H,18,22). The van der Waals surface area contributed by atoms with Crippen molar-refractivity contribution in [3.8, 4) is 0 Å². The molecule has 0 saturated carbocycles. The average Bonchev–Trinajstić information content (AvgIpc) is 2.88. The fourth-order valence-electron chi connectivity index (χ4n) is 3.59. The molecule has 0 bridgehead atoms. The molecule has 6 nitrogen and oxygen atoms in total. The van der Waals surface area contributed by atoms with Gasteiger partial charge in [-0.2, -0.15) is 5.10 Å². The number of hydrogen-bond acceptors (Lipinski definition) is 4. The third-order valence-electron chi connectivity index (χ3n) is 4.96. The highest BCUT2D eigenvalue weighted by Gasteiger charge is 2.25. The van der Waals surface area contributed by atoms with Crippen LogP contribution in [0.15, 0.2) is 6.07 Å². The van der Waals surface area contributed by atoms with E-state index in [0.717, 1.165) is 51.4 Å². The molecule has 3 heterocycles. The van der Waals surface area contributed by atoms with Gasteiger partial charge in [-0.3, -0.25) is 9.48 Å². The number of likely N-dealkylation sites (tertiary alicyclic amines) is 1. The monoisotopic (exact) mass is 320 g/mol. The second-order valence-electron chi connectivity index (χ2n) is 6.95. The summed E-state index contributed by atoms with van der Waals surface area (Å²) in [5.74, 6) is 0.596. The Balaban J connectivity index is 1.50. The van der Waals surface area contributed by atoms with Crippen molar-refractivity contribution in [3.05, 3.63) is 17.5 Å². The number of carbonyl (C=O) groups is 1. The number of aryl methyl sites for hydroxylation is 2. The molecule has 2 saturated heterocycles. The van der Waals surface area contributed by atoms with E-state index in [0.29, 0.717) is 11.6 Å². The van der Waals surface area contributed by atoms with Crippen LogP contribution in [0.2, 0.25) is 0 Å². The summed E-state index contributed by atoms with van der Waals surface area (Å²) >= 11 is 0. The number of piperidine rings is 1. The lowest BCUT2D eigenvalue weighted by molar-refractivity contribution is 0.0329. The molecule has 2 atom stereocenters. The zero-order valence-corrected chi connectivity index (χ0v) is 14.3. The third-order valence-corrected chi connectivity index (χ3v) is 4.96. The van der Waals surface area contributed by atoms with Gasteiger partial charge < -0.3 is 15.0 Å². The normalized spacial score (nSPS) is 26.2. The Bertz CT molecular complexity index is 517. The first-order valence-corrected chi connectivity index (χ1v) is 8.73. The predicted molar refractivity (Wildman–Crippen MR) is 88.4 cm³/mol. The molecule has 0 aliphatic carbocycles. The van der Waals surface area contributed by atoms with E-state index in [1.807, 2.05) is 20.0 Å². The summed E-state index contributed by atoms with van der Waals surface area (Å²) in [4.78, 5) is 14.8. The van der Waals surface area contributed by atoms with E-state index < -0.39 is 0 Å². The molecule has 1 amide bonds. The molecule has 2 aliphatic heterocycles. The van der Waals surface area contributed by atoms with Gasteiger partial charge in [0.2, 0.25) is 0 Å². The molecule has 2 aliphatic rings. The van der Waals surface area contributed by atoms with Gasteiger partial charge in [0.05, 0.1) is 6.61 Å². The second kappa shape index (κ2) is 7.45. The lowest BCUT2D eigenvalue weighted by Gasteiger charge is -2.36. The van der Waals surface area contributed by atoms with Gasteiger partial charge >= 0.3 is 0 Å². The molecule has 2 fully saturated rings. The highest BCUT2D eigenvalue weighted by atomic mass is 16.5. The van der Waals surface area contributed by atoms with Crippen molar-refractivity contribution >= 4 is 5.91 Å². The van der Waals surface area contributed by atoms with E-state index in [1.165, 1.54) is 12.8 Å². The first kappa shape index (κ1) is 16.5. The molecule has 0 aromatic carbocycles. The Morgan fingerprint density at radius 2 is 2.30 bits per heavy atom. The summed E-state index contributed by atoms with van der Waals surface area (Å²) in [5.41, 5.74) is 1.51. The van der Waals surface area contributed by atoms with Crippen LogP contribution in [0.4, 0.5) is 0 Å². The average molecular weight is 320 g/mol. The van der Waals surface area contributed by atoms with Crippen molar-refractivity contribution in [1.29, 1.82) is 0 Å². The number of nitrogens with zero attached hydrogens (tertiary/aromatic N) is 3. The van der Waals surface area contributed by atoms with Crippen molar-refractivity contribution in [2.24, 2.45) is 13.0 Å². The maximum Gasteiger partial charge on any atom is 0.272 e. The van der Waals surface area contributed by atoms with Crippen LogP contribution < -0.4 is 5.32 Å². The summed E-state index contributed by atoms with van der Waals surface area (Å²) in [6.45, 7) is 6.92. The minimum atomic E-state index is -0.0541. The number of rotatable bonds is 4. The fourth-order valence-corrected chi connectivity index (χ4v) is 3.59. The van der Waals surface area contributed by atoms with E-state index >= 15 is 0 Å². The van der Waals surface area contributed by atoms with Gasteiger partial charge in [-0.15, -0.1) is 0 Å². The van der Waals surface area contributed by atoms with Crippen LogP contribution in [0.3, 0.4) is 0 Å². The quantitative estimate of drug-likeness (QED) is 0.910. The zero-order chi connectivity index (χ0) is 16.2. The van der Waals surface area contributed by atoms with Crippen LogP contribution in [0, 0.1) is 12.8 Å². The van der Waals surface area contributed by atoms with E-state index in [-0.39, 0.29) is 11.9 Å². The molecule has 1 aromatic heterocycles. The first-order valence-electron chi connectivity index (χ1n) is 8.73. The molecule has 128 valence electrons. The van der Waals surface area contributed by atoms with Crippen molar-refractivity contribution < 1.29 is 9.53 Å². The SMILES string of the molecule is Cc1cc(C(=O)NC2CCCN(CC3CCCOC3)C2)nn1C. The minimum Gasteiger partial charge on any atom is -0.381 e. The molecule has 6 heteroatoms. The van der Waals surface area contributed by atoms with Crippen LogP contribution in [0.1, 0.15) is 41.9 Å². The number of ether oxygens (including phenoxy) is 1. The number of nitrogens with one attached hydrogen (secondary N) is 1. The molecular formula is C17H28N4O2. The van der Waals surface area contributed by atoms with Crippen LogP contribution in [0.5, 0.6) is 0 Å². The summed E-state index contributed by atoms with van der Waals surface area (Å²) in [6.07, 6.45) is 4.63. The van der Waals surface area contributed by atoms with Gasteiger partial charge in [-0.25, -0.2) is 0 Å². The molecule has 2 unspecified atom stereocenters. The molecule has 3 rings (SSSR count). The van der Waals surface area contributed by atoms with E-state index in [1.54, 1.807) is 4.68 Å². The Kier molecular flexibility index (Phi) is 5.33. The Labute approximate surface area is 138 Å². The van der Waals surface area contributed by atoms with Crippen molar-refractivity contribution in [3.63, 3.8) is 0 Å². The molecule has 1 N–H and O–H groups in total. The van der Waals surface area contributed by atoms with Crippen LogP contribution in [-0.2, 0) is 11.8 Å². The van der Waals surface area contributed by atoms with Gasteiger partial charge in [0.25, 0.3) is 5.91 Å². The van der Waals surface area contributed by atoms with Gasteiger partial charge in [0.15, 0.2) is 0 Å². The van der Waals surface area contributed by atoms with Crippen molar-refractivity contribution in [2.75, 3.05) is 32.8 Å². The number of amides is 1. The van der Waals surface area contributed by atoms with E-state index in [4.69, 9.17) is 4.74 Å². The number of aromatic nitrogens is 2. The van der Waals surface area contributed by atoms with Gasteiger partial charge in [0.1, 0.15) is 5.69 Å². The lowest BCUT2D eigenvalue weighted by atomic mass is 9.99. The van der Waals surface area contributed by atoms with Crippen molar-refractivity contribution in [2.45, 2.75) is 38.6 Å². The fraction of sp³-hybridized carbons (Fsp3) is 0.765. The zero-order valence-electron chi connectivity index (χ0n) is 14.3. The van der Waals surface area contributed by atoms with E-state index in [2.05, 4.69) is 15.3 Å². The molecule has 0 radical (unpaired) electrons. The smallest absolute Gasteiger partial charge is 0.272 e. The highest BCUT2D eigenvalue weighted by molar-refractivity contribution is 5.92. The minimum absolute atomic E-state index is 0.0541. The third kappa shape index (κ3) is 4.32. The second-order valence-corrected chi connectivity index (χ2v) is 6.95. The number of hydrogen-bond donors (Lipinski definition) is 1. The van der Waals surface area contributed by atoms with Gasteiger partial charge in [-0.1, -0.05) is 0 Å². The molecule has 23 heavy (non-hydrogen) atoms. The van der Waals surface area contributed by atoms with Crippen LogP contribution in [0.25, 0.3) is 0 Å². The van der Waals surface area contributed by atoms with Crippen LogP contribution >= 0.6 is 0 Å². The number of carbonyl (C=O) groups excluding carboxylic acids is 1. The summed E-state index contributed by atoms with van der Waals surface area (Å²) in [6, 6.07) is 2.07. The lowest BCUT2D eigenvalue weighted by Crippen LogP contribution is -2.49. The maximum absolute atomic E-state index is 12.3. The summed E-state index contributed by atoms with van der Waals surface area (Å²) in [7, 11) is 1.86. The molecule has 1 aromatic rings. The molecule has 0 spiro atoms. The Hall–Kier alpha value is -1.40. The summed E-state index contributed by atoms with van der Waals surface area (Å²) < 4.78 is 7.32. The van der Waals surface area contributed by atoms with Gasteiger partial charge in [0, 0.05) is 38.5 Å². The van der Waals surface area contributed by atoms with E-state index in [9.17, 15) is 4.79 Å². The van der Waals surface area contributed by atoms with Crippen molar-refractivity contribution in [1.82, 2.24) is 20.0 Å². The Morgan fingerprint density at radius 3 is 3.00 bits per heavy atom. The molecular weight excluding hydrogens is 292 g/mol. The highest BCUT2D eigenvalue weighted by Crippen LogP contribution is 2.18.